The minimum absolute atomic E-state index is 0.296. The van der Waals surface area contributed by atoms with Crippen LogP contribution in [-0.2, 0) is 0 Å². The monoisotopic (exact) mass is 391 g/mol. The van der Waals surface area contributed by atoms with Gasteiger partial charge in [-0.3, -0.25) is 0 Å². The highest BCUT2D eigenvalue weighted by Crippen LogP contribution is 2.40. The Hall–Kier alpha value is -3.50. The summed E-state index contributed by atoms with van der Waals surface area (Å²) in [5.41, 5.74) is 2.19. The highest BCUT2D eigenvalue weighted by Gasteiger charge is 2.17. The van der Waals surface area contributed by atoms with E-state index in [2.05, 4.69) is 16.0 Å². The molecule has 4 rings (SSSR count). The Bertz CT molecular complexity index is 1180. The molecular formula is C21H14FN3O2S. The number of hydrogen-bond acceptors (Lipinski definition) is 6. The Morgan fingerprint density at radius 1 is 1.11 bits per heavy atom. The molecule has 0 spiro atoms. The molecule has 0 radical (unpaired) electrons. The number of fused-ring (bicyclic) bond motifs is 1. The summed E-state index contributed by atoms with van der Waals surface area (Å²) < 4.78 is 25.0. The lowest BCUT2D eigenvalue weighted by molar-refractivity contribution is 0.320. The first kappa shape index (κ1) is 17.9. The summed E-state index contributed by atoms with van der Waals surface area (Å²) in [5.74, 6) is 0.996. The number of nitriles is 1. The van der Waals surface area contributed by atoms with Crippen molar-refractivity contribution in [2.75, 3.05) is 6.61 Å². The second-order valence-corrected chi connectivity index (χ2v) is 6.68. The van der Waals surface area contributed by atoms with Gasteiger partial charge < -0.3 is 9.47 Å². The highest BCUT2D eigenvalue weighted by atomic mass is 32.1. The zero-order chi connectivity index (χ0) is 19.5. The third kappa shape index (κ3) is 3.38. The Kier molecular flexibility index (Phi) is 4.87. The maximum atomic E-state index is 13.3. The summed E-state index contributed by atoms with van der Waals surface area (Å²) >= 11 is 1.46. The first-order valence-electron chi connectivity index (χ1n) is 8.52. The molecule has 0 bridgehead atoms. The van der Waals surface area contributed by atoms with Crippen molar-refractivity contribution in [1.82, 2.24) is 9.97 Å². The molecule has 0 amide bonds. The summed E-state index contributed by atoms with van der Waals surface area (Å²) in [6.45, 7) is 2.29. The summed E-state index contributed by atoms with van der Waals surface area (Å²) in [4.78, 5) is 9.37. The number of halogens is 1. The molecule has 0 aliphatic carbocycles. The van der Waals surface area contributed by atoms with E-state index in [4.69, 9.17) is 14.7 Å². The minimum Gasteiger partial charge on any atom is -0.490 e. The Morgan fingerprint density at radius 2 is 1.93 bits per heavy atom. The maximum absolute atomic E-state index is 13.3. The van der Waals surface area contributed by atoms with Gasteiger partial charge in [-0.2, -0.15) is 5.26 Å². The van der Waals surface area contributed by atoms with Crippen LogP contribution >= 0.6 is 11.3 Å². The molecule has 5 nitrogen and oxygen atoms in total. The number of thiophene rings is 1. The molecule has 0 fully saturated rings. The van der Waals surface area contributed by atoms with Crippen LogP contribution in [0, 0.1) is 17.1 Å². The largest absolute Gasteiger partial charge is 0.490 e. The van der Waals surface area contributed by atoms with Gasteiger partial charge >= 0.3 is 0 Å². The second-order valence-electron chi connectivity index (χ2n) is 5.82. The lowest BCUT2D eigenvalue weighted by atomic mass is 10.1. The fourth-order valence-electron chi connectivity index (χ4n) is 2.80. The maximum Gasteiger partial charge on any atom is 0.231 e. The number of rotatable bonds is 5. The van der Waals surface area contributed by atoms with E-state index in [9.17, 15) is 4.39 Å². The molecule has 2 heterocycles. The third-order valence-electron chi connectivity index (χ3n) is 4.07. The van der Waals surface area contributed by atoms with E-state index < -0.39 is 0 Å². The molecule has 138 valence electrons. The predicted molar refractivity (Wildman–Crippen MR) is 105 cm³/mol. The molecule has 0 unspecified atom stereocenters. The Balaban J connectivity index is 1.81. The predicted octanol–water partition coefficient (Wildman–Crippen LogP) is 5.56. The van der Waals surface area contributed by atoms with Crippen LogP contribution in [0.5, 0.6) is 17.4 Å². The van der Waals surface area contributed by atoms with Gasteiger partial charge in [-0.15, -0.1) is 11.3 Å². The molecule has 4 aromatic rings. The average molecular weight is 391 g/mol. The Morgan fingerprint density at radius 3 is 2.68 bits per heavy atom. The highest BCUT2D eigenvalue weighted by molar-refractivity contribution is 7.17. The van der Waals surface area contributed by atoms with Gasteiger partial charge in [-0.05, 0) is 36.8 Å². The molecule has 0 aliphatic heterocycles. The van der Waals surface area contributed by atoms with Gasteiger partial charge in [0.2, 0.25) is 5.88 Å². The molecule has 0 saturated heterocycles. The van der Waals surface area contributed by atoms with Crippen molar-refractivity contribution in [3.8, 4) is 34.6 Å². The first-order chi connectivity index (χ1) is 13.7. The van der Waals surface area contributed by atoms with Crippen molar-refractivity contribution in [1.29, 1.82) is 5.26 Å². The van der Waals surface area contributed by atoms with Crippen molar-refractivity contribution in [2.45, 2.75) is 6.92 Å². The topological polar surface area (TPSA) is 68.0 Å². The minimum atomic E-state index is -0.296. The van der Waals surface area contributed by atoms with Crippen LogP contribution in [0.1, 0.15) is 12.5 Å². The lowest BCUT2D eigenvalue weighted by Crippen LogP contribution is -1.97. The summed E-state index contributed by atoms with van der Waals surface area (Å²) in [6.07, 6.45) is 1.44. The fourth-order valence-corrected chi connectivity index (χ4v) is 3.71. The van der Waals surface area contributed by atoms with Crippen molar-refractivity contribution in [3.05, 3.63) is 65.6 Å². The van der Waals surface area contributed by atoms with Gasteiger partial charge in [-0.25, -0.2) is 14.4 Å². The fraction of sp³-hybridized carbons (Fsp3) is 0.0952. The van der Waals surface area contributed by atoms with Crippen molar-refractivity contribution in [3.63, 3.8) is 0 Å². The first-order valence-corrected chi connectivity index (χ1v) is 9.40. The quantitative estimate of drug-likeness (QED) is 0.445. The molecular weight excluding hydrogens is 377 g/mol. The zero-order valence-electron chi connectivity index (χ0n) is 14.8. The van der Waals surface area contributed by atoms with E-state index in [1.54, 1.807) is 30.3 Å². The molecule has 0 N–H and O–H groups in total. The molecule has 0 aliphatic rings. The van der Waals surface area contributed by atoms with E-state index in [0.717, 1.165) is 21.3 Å². The van der Waals surface area contributed by atoms with Crippen LogP contribution in [0.15, 0.2) is 54.2 Å². The van der Waals surface area contributed by atoms with Crippen LogP contribution in [0.25, 0.3) is 21.3 Å². The van der Waals surface area contributed by atoms with Crippen LogP contribution in [-0.4, -0.2) is 16.6 Å². The lowest BCUT2D eigenvalue weighted by Gasteiger charge is -2.12. The van der Waals surface area contributed by atoms with E-state index in [-0.39, 0.29) is 5.82 Å². The standard InChI is InChI=1S/C21H14FN3O2S/c1-2-26-18-9-13(10-23)3-8-17(18)27-20-19-16(11-28-21(19)25-12-24-20)14-4-6-15(22)7-5-14/h3-9,11-12H,2H2,1H3. The van der Waals surface area contributed by atoms with Gasteiger partial charge in [0.05, 0.1) is 23.6 Å². The summed E-state index contributed by atoms with van der Waals surface area (Å²) in [7, 11) is 0. The summed E-state index contributed by atoms with van der Waals surface area (Å²) in [5, 5.41) is 11.8. The van der Waals surface area contributed by atoms with Gasteiger partial charge in [-0.1, -0.05) is 12.1 Å². The number of hydrogen-bond donors (Lipinski definition) is 0. The van der Waals surface area contributed by atoms with E-state index in [0.29, 0.717) is 29.5 Å². The number of aromatic nitrogens is 2. The number of ether oxygens (including phenoxy) is 2. The van der Waals surface area contributed by atoms with E-state index in [1.807, 2.05) is 12.3 Å². The molecule has 0 saturated carbocycles. The average Bonchev–Trinajstić information content (AvgIpc) is 3.15. The van der Waals surface area contributed by atoms with Crippen LogP contribution in [0.2, 0.25) is 0 Å². The normalized spacial score (nSPS) is 10.6. The SMILES string of the molecule is CCOc1cc(C#N)ccc1Oc1ncnc2scc(-c3ccc(F)cc3)c12. The van der Waals surface area contributed by atoms with Crippen molar-refractivity contribution >= 4 is 21.6 Å². The third-order valence-corrected chi connectivity index (χ3v) is 4.96. The Labute approximate surface area is 164 Å². The smallest absolute Gasteiger partial charge is 0.231 e. The van der Waals surface area contributed by atoms with Crippen LogP contribution < -0.4 is 9.47 Å². The number of benzene rings is 2. The van der Waals surface area contributed by atoms with Gasteiger partial charge in [0, 0.05) is 17.0 Å². The van der Waals surface area contributed by atoms with Gasteiger partial charge in [0.1, 0.15) is 17.0 Å². The second kappa shape index (κ2) is 7.62. The van der Waals surface area contributed by atoms with Gasteiger partial charge in [0.25, 0.3) is 0 Å². The van der Waals surface area contributed by atoms with Crippen LogP contribution in [0.3, 0.4) is 0 Å². The molecule has 28 heavy (non-hydrogen) atoms. The molecule has 7 heteroatoms. The van der Waals surface area contributed by atoms with Crippen molar-refractivity contribution in [2.24, 2.45) is 0 Å². The number of nitrogens with zero attached hydrogens (tertiary/aromatic N) is 3. The summed E-state index contributed by atoms with van der Waals surface area (Å²) in [6, 6.07) is 13.3. The molecule has 2 aromatic carbocycles. The zero-order valence-corrected chi connectivity index (χ0v) is 15.7. The van der Waals surface area contributed by atoms with E-state index in [1.165, 1.54) is 29.8 Å². The molecule has 0 atom stereocenters. The molecule has 2 aromatic heterocycles. The van der Waals surface area contributed by atoms with E-state index >= 15 is 0 Å². The van der Waals surface area contributed by atoms with Crippen molar-refractivity contribution < 1.29 is 13.9 Å². The van der Waals surface area contributed by atoms with Crippen LogP contribution in [0.4, 0.5) is 4.39 Å². The van der Waals surface area contributed by atoms with Gasteiger partial charge in [0.15, 0.2) is 11.5 Å².